The van der Waals surface area contributed by atoms with E-state index in [2.05, 4.69) is 20.6 Å². The third-order valence-electron chi connectivity index (χ3n) is 3.21. The van der Waals surface area contributed by atoms with E-state index in [1.165, 1.54) is 0 Å². The molecule has 3 rings (SSSR count). The van der Waals surface area contributed by atoms with Crippen molar-refractivity contribution in [3.63, 3.8) is 0 Å². The van der Waals surface area contributed by atoms with Gasteiger partial charge in [0.25, 0.3) is 0 Å². The highest BCUT2D eigenvalue weighted by Gasteiger charge is 2.05. The predicted molar refractivity (Wildman–Crippen MR) is 92.1 cm³/mol. The summed E-state index contributed by atoms with van der Waals surface area (Å²) in [5.74, 6) is 1.58. The number of ether oxygens (including phenoxy) is 1. The molecule has 0 radical (unpaired) electrons. The van der Waals surface area contributed by atoms with Crippen LogP contribution in [0.1, 0.15) is 5.82 Å². The van der Waals surface area contributed by atoms with E-state index in [4.69, 9.17) is 17.0 Å². The number of hydrogen-bond acceptors (Lipinski definition) is 3. The molecule has 5 nitrogen and oxygen atoms in total. The van der Waals surface area contributed by atoms with Crippen LogP contribution in [0.5, 0.6) is 5.75 Å². The number of thiocarbonyl (C=S) groups is 1. The van der Waals surface area contributed by atoms with E-state index < -0.39 is 0 Å². The molecule has 2 aromatic carbocycles. The van der Waals surface area contributed by atoms with Crippen LogP contribution in [-0.4, -0.2) is 22.2 Å². The number of hydrogen-bond donors (Lipinski definition) is 3. The van der Waals surface area contributed by atoms with Gasteiger partial charge >= 0.3 is 0 Å². The summed E-state index contributed by atoms with van der Waals surface area (Å²) in [5.41, 5.74) is 2.79. The number of para-hydroxylation sites is 4. The second-order valence-electron chi connectivity index (χ2n) is 4.71. The molecule has 0 aliphatic heterocycles. The number of aromatic amines is 1. The molecule has 3 aromatic rings. The van der Waals surface area contributed by atoms with Gasteiger partial charge in [-0.1, -0.05) is 24.3 Å². The van der Waals surface area contributed by atoms with Crippen LogP contribution in [0.25, 0.3) is 11.0 Å². The highest BCUT2D eigenvalue weighted by Crippen LogP contribution is 2.22. The van der Waals surface area contributed by atoms with Gasteiger partial charge < -0.3 is 20.4 Å². The van der Waals surface area contributed by atoms with Crippen molar-refractivity contribution in [3.8, 4) is 5.75 Å². The Hall–Kier alpha value is -2.60. The normalized spacial score (nSPS) is 10.4. The maximum absolute atomic E-state index is 5.30. The monoisotopic (exact) mass is 312 g/mol. The van der Waals surface area contributed by atoms with E-state index in [9.17, 15) is 0 Å². The number of aromatic nitrogens is 2. The first-order chi connectivity index (χ1) is 10.8. The molecule has 0 amide bonds. The summed E-state index contributed by atoms with van der Waals surface area (Å²) in [4.78, 5) is 7.75. The molecule has 0 fully saturated rings. The zero-order valence-electron chi connectivity index (χ0n) is 12.1. The Bertz CT molecular complexity index is 766. The summed E-state index contributed by atoms with van der Waals surface area (Å²) in [6.07, 6.45) is 0. The average Bonchev–Trinajstić information content (AvgIpc) is 2.96. The van der Waals surface area contributed by atoms with Crippen molar-refractivity contribution >= 4 is 34.1 Å². The second kappa shape index (κ2) is 6.44. The number of rotatable bonds is 4. The summed E-state index contributed by atoms with van der Waals surface area (Å²) >= 11 is 5.30. The van der Waals surface area contributed by atoms with Gasteiger partial charge in [-0.25, -0.2) is 4.98 Å². The fourth-order valence-corrected chi connectivity index (χ4v) is 2.35. The van der Waals surface area contributed by atoms with Gasteiger partial charge in [-0.3, -0.25) is 0 Å². The third kappa shape index (κ3) is 3.17. The summed E-state index contributed by atoms with van der Waals surface area (Å²) in [5, 5.41) is 6.77. The molecule has 112 valence electrons. The van der Waals surface area contributed by atoms with E-state index in [-0.39, 0.29) is 0 Å². The topological polar surface area (TPSA) is 62.0 Å². The van der Waals surface area contributed by atoms with Gasteiger partial charge in [0.1, 0.15) is 11.6 Å². The van der Waals surface area contributed by atoms with Crippen molar-refractivity contribution in [2.75, 3.05) is 12.4 Å². The van der Waals surface area contributed by atoms with E-state index in [1.54, 1.807) is 7.11 Å². The standard InChI is InChI=1S/C16H16N4OS/c1-21-14-9-5-4-8-13(14)20-16(22)17-10-15-18-11-6-2-3-7-12(11)19-15/h2-9H,10H2,1H3,(H,18,19)(H2,17,20,22). The molecule has 1 aromatic heterocycles. The number of fused-ring (bicyclic) bond motifs is 1. The Morgan fingerprint density at radius 2 is 1.95 bits per heavy atom. The molecule has 0 saturated carbocycles. The number of nitrogens with zero attached hydrogens (tertiary/aromatic N) is 1. The highest BCUT2D eigenvalue weighted by molar-refractivity contribution is 7.80. The summed E-state index contributed by atoms with van der Waals surface area (Å²) < 4.78 is 5.28. The molecule has 0 bridgehead atoms. The van der Waals surface area contributed by atoms with Gasteiger partial charge in [-0.2, -0.15) is 0 Å². The van der Waals surface area contributed by atoms with Crippen molar-refractivity contribution in [2.24, 2.45) is 0 Å². The van der Waals surface area contributed by atoms with E-state index in [0.717, 1.165) is 28.3 Å². The first kappa shape index (κ1) is 14.3. The Morgan fingerprint density at radius 1 is 1.18 bits per heavy atom. The van der Waals surface area contributed by atoms with E-state index in [0.29, 0.717) is 11.7 Å². The molecule has 0 aliphatic rings. The lowest BCUT2D eigenvalue weighted by Gasteiger charge is -2.12. The fraction of sp³-hybridized carbons (Fsp3) is 0.125. The van der Waals surface area contributed by atoms with Crippen molar-refractivity contribution in [3.05, 3.63) is 54.4 Å². The van der Waals surface area contributed by atoms with E-state index >= 15 is 0 Å². The number of imidazole rings is 1. The summed E-state index contributed by atoms with van der Waals surface area (Å²) in [6.45, 7) is 0.523. The molecule has 0 atom stereocenters. The number of anilines is 1. The summed E-state index contributed by atoms with van der Waals surface area (Å²) in [6, 6.07) is 15.5. The van der Waals surface area contributed by atoms with Gasteiger partial charge in [0, 0.05) is 0 Å². The maximum atomic E-state index is 5.30. The quantitative estimate of drug-likeness (QED) is 0.646. The number of benzene rings is 2. The minimum Gasteiger partial charge on any atom is -0.495 e. The van der Waals surface area contributed by atoms with Gasteiger partial charge in [-0.15, -0.1) is 0 Å². The van der Waals surface area contributed by atoms with Crippen LogP contribution in [0.2, 0.25) is 0 Å². The molecule has 6 heteroatoms. The molecule has 0 aliphatic carbocycles. The highest BCUT2D eigenvalue weighted by atomic mass is 32.1. The van der Waals surface area contributed by atoms with Crippen molar-refractivity contribution in [2.45, 2.75) is 6.54 Å². The van der Waals surface area contributed by atoms with Crippen LogP contribution < -0.4 is 15.4 Å². The Morgan fingerprint density at radius 3 is 2.77 bits per heavy atom. The smallest absolute Gasteiger partial charge is 0.171 e. The predicted octanol–water partition coefficient (Wildman–Crippen LogP) is 3.06. The molecule has 0 saturated heterocycles. The lowest BCUT2D eigenvalue weighted by Crippen LogP contribution is -2.28. The van der Waals surface area contributed by atoms with Crippen LogP contribution in [0.4, 0.5) is 5.69 Å². The first-order valence-corrected chi connectivity index (χ1v) is 7.28. The maximum Gasteiger partial charge on any atom is 0.171 e. The minimum absolute atomic E-state index is 0.518. The van der Waals surface area contributed by atoms with E-state index in [1.807, 2.05) is 48.5 Å². The first-order valence-electron chi connectivity index (χ1n) is 6.88. The molecular formula is C16H16N4OS. The van der Waals surface area contributed by atoms with Crippen LogP contribution in [0.3, 0.4) is 0 Å². The molecule has 1 heterocycles. The van der Waals surface area contributed by atoms with Crippen molar-refractivity contribution < 1.29 is 4.74 Å². The molecule has 0 unspecified atom stereocenters. The van der Waals surface area contributed by atoms with Gasteiger partial charge in [0.15, 0.2) is 5.11 Å². The Balaban J connectivity index is 1.62. The molecule has 3 N–H and O–H groups in total. The lowest BCUT2D eigenvalue weighted by atomic mass is 10.3. The minimum atomic E-state index is 0.518. The molecular weight excluding hydrogens is 296 g/mol. The van der Waals surface area contributed by atoms with Gasteiger partial charge in [0.05, 0.1) is 30.4 Å². The second-order valence-corrected chi connectivity index (χ2v) is 5.12. The molecule has 0 spiro atoms. The van der Waals surface area contributed by atoms with Crippen LogP contribution in [-0.2, 0) is 6.54 Å². The van der Waals surface area contributed by atoms with Gasteiger partial charge in [-0.05, 0) is 36.5 Å². The Labute approximate surface area is 133 Å². The van der Waals surface area contributed by atoms with Crippen LogP contribution in [0, 0.1) is 0 Å². The van der Waals surface area contributed by atoms with Crippen molar-refractivity contribution in [1.29, 1.82) is 0 Å². The average molecular weight is 312 g/mol. The zero-order valence-corrected chi connectivity index (χ0v) is 12.9. The van der Waals surface area contributed by atoms with Gasteiger partial charge in [0.2, 0.25) is 0 Å². The molecule has 22 heavy (non-hydrogen) atoms. The van der Waals surface area contributed by atoms with Crippen LogP contribution >= 0.6 is 12.2 Å². The largest absolute Gasteiger partial charge is 0.495 e. The SMILES string of the molecule is COc1ccccc1NC(=S)NCc1nc2ccccc2[nH]1. The number of nitrogens with one attached hydrogen (secondary N) is 3. The fourth-order valence-electron chi connectivity index (χ4n) is 2.17. The van der Waals surface area contributed by atoms with Crippen LogP contribution in [0.15, 0.2) is 48.5 Å². The lowest BCUT2D eigenvalue weighted by molar-refractivity contribution is 0.417. The zero-order chi connectivity index (χ0) is 15.4. The number of H-pyrrole nitrogens is 1. The third-order valence-corrected chi connectivity index (χ3v) is 3.46. The van der Waals surface area contributed by atoms with Crippen molar-refractivity contribution in [1.82, 2.24) is 15.3 Å². The summed E-state index contributed by atoms with van der Waals surface area (Å²) in [7, 11) is 1.63. The Kier molecular flexibility index (Phi) is 4.20. The number of methoxy groups -OCH3 is 1.